The van der Waals surface area contributed by atoms with Crippen LogP contribution in [0.2, 0.25) is 0 Å². The van der Waals surface area contributed by atoms with Crippen LogP contribution in [0.15, 0.2) is 11.1 Å². The van der Waals surface area contributed by atoms with Gasteiger partial charge in [-0.15, -0.1) is 0 Å². The summed E-state index contributed by atoms with van der Waals surface area (Å²) in [5.41, 5.74) is 11.6. The van der Waals surface area contributed by atoms with Crippen LogP contribution in [0.3, 0.4) is 0 Å². The van der Waals surface area contributed by atoms with Crippen LogP contribution in [0.4, 0.5) is 5.69 Å². The molecule has 0 aromatic carbocycles. The van der Waals surface area contributed by atoms with Gasteiger partial charge in [-0.25, -0.2) is 0 Å². The third-order valence-corrected chi connectivity index (χ3v) is 2.80. The third kappa shape index (κ3) is 2.53. The number of hydrogen-bond donors (Lipinski definition) is 1. The van der Waals surface area contributed by atoms with Crippen molar-refractivity contribution in [2.45, 2.75) is 40.2 Å². The molecule has 0 atom stereocenters. The van der Waals surface area contributed by atoms with Gasteiger partial charge in [0, 0.05) is 5.54 Å². The van der Waals surface area contributed by atoms with Crippen molar-refractivity contribution in [3.63, 3.8) is 0 Å². The van der Waals surface area contributed by atoms with Gasteiger partial charge in [0.25, 0.3) is 0 Å². The molecule has 0 radical (unpaired) electrons. The first-order valence-electron chi connectivity index (χ1n) is 5.23. The molecular formula is C11H18ClN3. The number of nitrogens with zero attached hydrogens (tertiary/aromatic N) is 2. The highest BCUT2D eigenvalue weighted by Gasteiger charge is 2.12. The summed E-state index contributed by atoms with van der Waals surface area (Å²) < 4.78 is 1.95. The lowest BCUT2D eigenvalue weighted by Gasteiger charge is -2.05. The number of anilines is 1. The average Bonchev–Trinajstić information content (AvgIpc) is 2.54. The van der Waals surface area contributed by atoms with Gasteiger partial charge in [-0.1, -0.05) is 25.4 Å². The number of nitrogen functional groups attached to an aromatic ring is 1. The monoisotopic (exact) mass is 227 g/mol. The molecule has 1 heterocycles. The first-order valence-corrected chi connectivity index (χ1v) is 5.67. The van der Waals surface area contributed by atoms with Crippen molar-refractivity contribution < 1.29 is 0 Å². The Morgan fingerprint density at radius 3 is 2.60 bits per heavy atom. The maximum Gasteiger partial charge on any atom is 0.0854 e. The van der Waals surface area contributed by atoms with Crippen LogP contribution in [0.5, 0.6) is 0 Å². The van der Waals surface area contributed by atoms with Crippen molar-refractivity contribution in [2.75, 3.05) is 5.73 Å². The summed E-state index contributed by atoms with van der Waals surface area (Å²) in [6.07, 6.45) is 1.77. The molecule has 0 spiro atoms. The van der Waals surface area contributed by atoms with Crippen LogP contribution in [0.25, 0.3) is 0 Å². The number of allylic oxidation sites excluding steroid dienone is 1. The molecule has 0 saturated heterocycles. The van der Waals surface area contributed by atoms with E-state index in [0.717, 1.165) is 42.0 Å². The average molecular weight is 228 g/mol. The normalized spacial score (nSPS) is 12.1. The van der Waals surface area contributed by atoms with Crippen LogP contribution in [-0.2, 0) is 19.4 Å². The SMILES string of the molecule is CCc1nn(CC(C)=CCl)c(CC)c1N. The second-order valence-corrected chi connectivity index (χ2v) is 3.85. The molecule has 3 nitrogen and oxygen atoms in total. The maximum atomic E-state index is 6.01. The lowest BCUT2D eigenvalue weighted by molar-refractivity contribution is 0.634. The van der Waals surface area contributed by atoms with E-state index in [2.05, 4.69) is 18.9 Å². The van der Waals surface area contributed by atoms with Gasteiger partial charge in [0.15, 0.2) is 0 Å². The molecule has 1 rings (SSSR count). The van der Waals surface area contributed by atoms with E-state index in [9.17, 15) is 0 Å². The first kappa shape index (κ1) is 12.1. The Labute approximate surface area is 95.9 Å². The Bertz CT molecular complexity index is 366. The summed E-state index contributed by atoms with van der Waals surface area (Å²) in [4.78, 5) is 0. The molecule has 0 amide bonds. The van der Waals surface area contributed by atoms with Crippen molar-refractivity contribution in [3.8, 4) is 0 Å². The second kappa shape index (κ2) is 5.21. The number of aryl methyl sites for hydroxylation is 1. The van der Waals surface area contributed by atoms with Crippen molar-refractivity contribution in [1.29, 1.82) is 0 Å². The predicted octanol–water partition coefficient (Wildman–Crippen LogP) is 2.73. The molecule has 0 unspecified atom stereocenters. The van der Waals surface area contributed by atoms with E-state index in [0.29, 0.717) is 0 Å². The number of hydrogen-bond acceptors (Lipinski definition) is 2. The number of nitrogens with two attached hydrogens (primary N) is 1. The molecule has 4 heteroatoms. The van der Waals surface area contributed by atoms with Crippen LogP contribution in [-0.4, -0.2) is 9.78 Å². The zero-order chi connectivity index (χ0) is 11.4. The topological polar surface area (TPSA) is 43.8 Å². The Morgan fingerprint density at radius 1 is 1.47 bits per heavy atom. The van der Waals surface area contributed by atoms with Gasteiger partial charge >= 0.3 is 0 Å². The molecule has 2 N–H and O–H groups in total. The van der Waals surface area contributed by atoms with Crippen molar-refractivity contribution in [2.24, 2.45) is 0 Å². The second-order valence-electron chi connectivity index (χ2n) is 3.63. The fraction of sp³-hybridized carbons (Fsp3) is 0.545. The van der Waals surface area contributed by atoms with Crippen LogP contribution < -0.4 is 5.73 Å². The summed E-state index contributed by atoms with van der Waals surface area (Å²) in [6.45, 7) is 6.85. The van der Waals surface area contributed by atoms with Gasteiger partial charge in [0.1, 0.15) is 0 Å². The van der Waals surface area contributed by atoms with Crippen LogP contribution >= 0.6 is 11.6 Å². The Kier molecular flexibility index (Phi) is 4.21. The smallest absolute Gasteiger partial charge is 0.0854 e. The molecule has 0 fully saturated rings. The molecule has 0 aliphatic heterocycles. The quantitative estimate of drug-likeness (QED) is 0.860. The molecule has 0 aliphatic carbocycles. The summed E-state index contributed by atoms with van der Waals surface area (Å²) in [6, 6.07) is 0. The summed E-state index contributed by atoms with van der Waals surface area (Å²) in [7, 11) is 0. The number of halogens is 1. The zero-order valence-electron chi connectivity index (χ0n) is 9.55. The maximum absolute atomic E-state index is 6.01. The van der Waals surface area contributed by atoms with Gasteiger partial charge in [-0.3, -0.25) is 4.68 Å². The third-order valence-electron chi connectivity index (χ3n) is 2.43. The Balaban J connectivity index is 3.06. The molecule has 0 saturated carbocycles. The van der Waals surface area contributed by atoms with E-state index >= 15 is 0 Å². The first-order chi connectivity index (χ1) is 7.13. The Morgan fingerprint density at radius 2 is 2.13 bits per heavy atom. The van der Waals surface area contributed by atoms with Crippen molar-refractivity contribution in [1.82, 2.24) is 9.78 Å². The summed E-state index contributed by atoms with van der Waals surface area (Å²) >= 11 is 5.64. The van der Waals surface area contributed by atoms with Crippen LogP contribution in [0.1, 0.15) is 32.2 Å². The minimum Gasteiger partial charge on any atom is -0.396 e. The van der Waals surface area contributed by atoms with Gasteiger partial charge < -0.3 is 5.73 Å². The highest BCUT2D eigenvalue weighted by Crippen LogP contribution is 2.19. The molecule has 84 valence electrons. The molecular weight excluding hydrogens is 210 g/mol. The van der Waals surface area contributed by atoms with Gasteiger partial charge in [-0.05, 0) is 25.3 Å². The van der Waals surface area contributed by atoms with Gasteiger partial charge in [0.05, 0.1) is 23.6 Å². The lowest BCUT2D eigenvalue weighted by atomic mass is 10.2. The highest BCUT2D eigenvalue weighted by molar-refractivity contribution is 6.25. The van der Waals surface area contributed by atoms with Crippen molar-refractivity contribution in [3.05, 3.63) is 22.5 Å². The van der Waals surface area contributed by atoms with E-state index in [1.54, 1.807) is 5.54 Å². The van der Waals surface area contributed by atoms with E-state index < -0.39 is 0 Å². The fourth-order valence-electron chi connectivity index (χ4n) is 1.60. The highest BCUT2D eigenvalue weighted by atomic mass is 35.5. The van der Waals surface area contributed by atoms with E-state index in [4.69, 9.17) is 17.3 Å². The minimum absolute atomic E-state index is 0.719. The number of rotatable bonds is 4. The molecule has 0 aliphatic rings. The van der Waals surface area contributed by atoms with E-state index in [1.165, 1.54) is 0 Å². The van der Waals surface area contributed by atoms with Crippen LogP contribution in [0, 0.1) is 0 Å². The molecule has 15 heavy (non-hydrogen) atoms. The van der Waals surface area contributed by atoms with E-state index in [-0.39, 0.29) is 0 Å². The molecule has 1 aromatic rings. The lowest BCUT2D eigenvalue weighted by Crippen LogP contribution is -2.06. The predicted molar refractivity (Wildman–Crippen MR) is 65.0 cm³/mol. The zero-order valence-corrected chi connectivity index (χ0v) is 10.3. The molecule has 0 bridgehead atoms. The van der Waals surface area contributed by atoms with Gasteiger partial charge in [0.2, 0.25) is 0 Å². The largest absolute Gasteiger partial charge is 0.396 e. The Hall–Kier alpha value is -0.960. The standard InChI is InChI=1S/C11H18ClN3/c1-4-9-11(13)10(5-2)15(14-9)7-8(3)6-12/h6H,4-5,7,13H2,1-3H3. The molecule has 1 aromatic heterocycles. The fourth-order valence-corrected chi connectivity index (χ4v) is 1.67. The minimum atomic E-state index is 0.719. The van der Waals surface area contributed by atoms with E-state index in [1.807, 2.05) is 11.6 Å². The van der Waals surface area contributed by atoms with Crippen molar-refractivity contribution >= 4 is 17.3 Å². The summed E-state index contributed by atoms with van der Waals surface area (Å²) in [5.74, 6) is 0. The number of aromatic nitrogens is 2. The van der Waals surface area contributed by atoms with Gasteiger partial charge in [-0.2, -0.15) is 5.10 Å². The summed E-state index contributed by atoms with van der Waals surface area (Å²) in [5, 5.41) is 4.48.